The lowest BCUT2D eigenvalue weighted by molar-refractivity contribution is -0.119. The summed E-state index contributed by atoms with van der Waals surface area (Å²) in [7, 11) is -1.40. The second kappa shape index (κ2) is 10.4. The Balaban J connectivity index is 1.80. The van der Waals surface area contributed by atoms with Crippen LogP contribution in [-0.4, -0.2) is 36.0 Å². The SMILES string of the molecule is Cc1cc(C)c(C)c(S(=O)(=O)Nc2ccccc2C(=O)OCC(=O)Nc2cc(=O)n(C)c(=O)n2C)c1C. The van der Waals surface area contributed by atoms with Gasteiger partial charge >= 0.3 is 11.7 Å². The fraction of sp³-hybridized carbons (Fsp3) is 0.280. The summed E-state index contributed by atoms with van der Waals surface area (Å²) in [6.07, 6.45) is 0. The molecule has 3 aromatic rings. The molecule has 0 spiro atoms. The number of aryl methyl sites for hydroxylation is 2. The van der Waals surface area contributed by atoms with Gasteiger partial charge in [-0.3, -0.25) is 23.4 Å². The van der Waals surface area contributed by atoms with Gasteiger partial charge in [0.05, 0.1) is 16.1 Å². The summed E-state index contributed by atoms with van der Waals surface area (Å²) in [6, 6.07) is 8.82. The van der Waals surface area contributed by atoms with Crippen LogP contribution in [0.5, 0.6) is 0 Å². The number of rotatable bonds is 7. The van der Waals surface area contributed by atoms with Gasteiger partial charge in [0, 0.05) is 20.2 Å². The minimum absolute atomic E-state index is 0.0141. The summed E-state index contributed by atoms with van der Waals surface area (Å²) in [5, 5.41) is 2.35. The largest absolute Gasteiger partial charge is 0.452 e. The van der Waals surface area contributed by atoms with Crippen LogP contribution in [0.15, 0.2) is 50.9 Å². The number of anilines is 2. The van der Waals surface area contributed by atoms with Crippen LogP contribution in [0.1, 0.15) is 32.6 Å². The van der Waals surface area contributed by atoms with Crippen LogP contribution in [-0.2, 0) is 33.7 Å². The Labute approximate surface area is 213 Å². The molecule has 0 radical (unpaired) electrons. The van der Waals surface area contributed by atoms with Crippen LogP contribution in [0.2, 0.25) is 0 Å². The maximum Gasteiger partial charge on any atom is 0.340 e. The van der Waals surface area contributed by atoms with Crippen LogP contribution >= 0.6 is 0 Å². The van der Waals surface area contributed by atoms with Crippen LogP contribution in [0.25, 0.3) is 0 Å². The van der Waals surface area contributed by atoms with Gasteiger partial charge in [0.15, 0.2) is 6.61 Å². The molecule has 0 aliphatic heterocycles. The molecular weight excluding hydrogens is 500 g/mol. The van der Waals surface area contributed by atoms with E-state index in [0.717, 1.165) is 26.3 Å². The molecule has 2 aromatic carbocycles. The van der Waals surface area contributed by atoms with Gasteiger partial charge in [-0.15, -0.1) is 0 Å². The van der Waals surface area contributed by atoms with Crippen molar-refractivity contribution in [2.24, 2.45) is 14.1 Å². The molecule has 1 amide bonds. The van der Waals surface area contributed by atoms with E-state index in [2.05, 4.69) is 10.0 Å². The summed E-state index contributed by atoms with van der Waals surface area (Å²) in [6.45, 7) is 6.34. The molecule has 37 heavy (non-hydrogen) atoms. The van der Waals surface area contributed by atoms with Crippen LogP contribution in [0.3, 0.4) is 0 Å². The van der Waals surface area contributed by atoms with Gasteiger partial charge in [-0.2, -0.15) is 0 Å². The number of hydrogen-bond donors (Lipinski definition) is 2. The zero-order valence-corrected chi connectivity index (χ0v) is 22.1. The third-order valence-electron chi connectivity index (χ3n) is 6.09. The highest BCUT2D eigenvalue weighted by Crippen LogP contribution is 2.29. The number of benzene rings is 2. The van der Waals surface area contributed by atoms with Gasteiger partial charge in [0.2, 0.25) is 0 Å². The first-order chi connectivity index (χ1) is 17.2. The number of carbonyl (C=O) groups excluding carboxylic acids is 2. The van der Waals surface area contributed by atoms with Gasteiger partial charge in [-0.25, -0.2) is 18.0 Å². The maximum absolute atomic E-state index is 13.3. The zero-order chi connectivity index (χ0) is 27.7. The standard InChI is InChI=1S/C25H28N4O7S/c1-14-11-15(2)17(4)23(16(14)3)37(34,35)27-19-10-8-7-9-18(19)24(32)36-13-21(30)26-20-12-22(31)29(6)25(33)28(20)5/h7-12,27H,13H2,1-6H3,(H,26,30). The normalized spacial score (nSPS) is 11.2. The van der Waals surface area contributed by atoms with Crippen molar-refractivity contribution in [2.75, 3.05) is 16.6 Å². The highest BCUT2D eigenvalue weighted by Gasteiger charge is 2.25. The topological polar surface area (TPSA) is 146 Å². The molecule has 0 atom stereocenters. The quantitative estimate of drug-likeness (QED) is 0.446. The number of aromatic nitrogens is 2. The molecule has 12 heteroatoms. The van der Waals surface area contributed by atoms with E-state index in [0.29, 0.717) is 11.1 Å². The molecule has 3 rings (SSSR count). The Hall–Kier alpha value is -4.19. The van der Waals surface area contributed by atoms with Gasteiger partial charge in [0.25, 0.3) is 21.5 Å². The fourth-order valence-electron chi connectivity index (χ4n) is 3.77. The average Bonchev–Trinajstić information content (AvgIpc) is 2.83. The number of nitrogens with zero attached hydrogens (tertiary/aromatic N) is 2. The number of ether oxygens (including phenoxy) is 1. The van der Waals surface area contributed by atoms with Crippen molar-refractivity contribution < 1.29 is 22.7 Å². The zero-order valence-electron chi connectivity index (χ0n) is 21.3. The molecule has 0 bridgehead atoms. The number of amides is 1. The van der Waals surface area contributed by atoms with Gasteiger partial charge in [-0.1, -0.05) is 18.2 Å². The van der Waals surface area contributed by atoms with Crippen molar-refractivity contribution in [3.05, 3.63) is 85.1 Å². The first-order valence-electron chi connectivity index (χ1n) is 11.2. The fourth-order valence-corrected chi connectivity index (χ4v) is 5.47. The van der Waals surface area contributed by atoms with Crippen molar-refractivity contribution in [1.82, 2.24) is 9.13 Å². The molecule has 0 fully saturated rings. The van der Waals surface area contributed by atoms with E-state index < -0.39 is 39.8 Å². The van der Waals surface area contributed by atoms with Gasteiger partial charge in [-0.05, 0) is 62.1 Å². The summed E-state index contributed by atoms with van der Waals surface area (Å²) in [5.41, 5.74) is 1.45. The molecule has 2 N–H and O–H groups in total. The first kappa shape index (κ1) is 27.4. The minimum Gasteiger partial charge on any atom is -0.452 e. The molecule has 0 saturated carbocycles. The van der Waals surface area contributed by atoms with Crippen molar-refractivity contribution >= 4 is 33.4 Å². The Bertz CT molecular complexity index is 1610. The third kappa shape index (κ3) is 5.64. The number of para-hydroxylation sites is 1. The lowest BCUT2D eigenvalue weighted by atomic mass is 10.0. The van der Waals surface area contributed by atoms with E-state index in [9.17, 15) is 27.6 Å². The molecule has 0 aliphatic rings. The molecule has 1 aromatic heterocycles. The molecule has 1 heterocycles. The van der Waals surface area contributed by atoms with E-state index in [1.165, 1.54) is 32.3 Å². The van der Waals surface area contributed by atoms with Gasteiger partial charge < -0.3 is 10.1 Å². The van der Waals surface area contributed by atoms with Crippen LogP contribution in [0, 0.1) is 27.7 Å². The first-order valence-corrected chi connectivity index (χ1v) is 12.7. The predicted molar refractivity (Wildman–Crippen MR) is 138 cm³/mol. The van der Waals surface area contributed by atoms with Crippen molar-refractivity contribution in [3.63, 3.8) is 0 Å². The summed E-state index contributed by atoms with van der Waals surface area (Å²) < 4.78 is 36.1. The molecule has 0 unspecified atom stereocenters. The van der Waals surface area contributed by atoms with Crippen LogP contribution in [0.4, 0.5) is 11.5 Å². The van der Waals surface area contributed by atoms with Crippen molar-refractivity contribution in [1.29, 1.82) is 0 Å². The summed E-state index contributed by atoms with van der Waals surface area (Å²) in [5.74, 6) is -1.81. The molecule has 196 valence electrons. The smallest absolute Gasteiger partial charge is 0.340 e. The second-order valence-corrected chi connectivity index (χ2v) is 10.3. The Morgan fingerprint density at radius 1 is 0.919 bits per heavy atom. The third-order valence-corrected chi connectivity index (χ3v) is 7.72. The monoisotopic (exact) mass is 528 g/mol. The Kier molecular flexibility index (Phi) is 7.72. The molecule has 0 aliphatic carbocycles. The number of nitrogens with one attached hydrogen (secondary N) is 2. The van der Waals surface area contributed by atoms with Crippen molar-refractivity contribution in [3.8, 4) is 0 Å². The molecule has 0 saturated heterocycles. The van der Waals surface area contributed by atoms with E-state index >= 15 is 0 Å². The van der Waals surface area contributed by atoms with Crippen molar-refractivity contribution in [2.45, 2.75) is 32.6 Å². The van der Waals surface area contributed by atoms with E-state index in [1.54, 1.807) is 19.9 Å². The number of esters is 1. The highest BCUT2D eigenvalue weighted by molar-refractivity contribution is 7.92. The second-order valence-electron chi connectivity index (χ2n) is 8.63. The average molecular weight is 529 g/mol. The Morgan fingerprint density at radius 2 is 1.51 bits per heavy atom. The lowest BCUT2D eigenvalue weighted by Crippen LogP contribution is -2.38. The summed E-state index contributed by atoms with van der Waals surface area (Å²) >= 11 is 0. The predicted octanol–water partition coefficient (Wildman–Crippen LogP) is 1.91. The van der Waals surface area contributed by atoms with E-state index in [1.807, 2.05) is 19.9 Å². The minimum atomic E-state index is -4.07. The Morgan fingerprint density at radius 3 is 2.14 bits per heavy atom. The lowest BCUT2D eigenvalue weighted by Gasteiger charge is -2.18. The number of carbonyl (C=O) groups is 2. The number of hydrogen-bond acceptors (Lipinski definition) is 7. The molecule has 11 nitrogen and oxygen atoms in total. The molecular formula is C25H28N4O7S. The highest BCUT2D eigenvalue weighted by atomic mass is 32.2. The number of sulfonamides is 1. The van der Waals surface area contributed by atoms with E-state index in [4.69, 9.17) is 4.74 Å². The van der Waals surface area contributed by atoms with Gasteiger partial charge in [0.1, 0.15) is 5.82 Å². The maximum atomic E-state index is 13.3. The van der Waals surface area contributed by atoms with Crippen LogP contribution < -0.4 is 21.3 Å². The van der Waals surface area contributed by atoms with E-state index in [-0.39, 0.29) is 22.0 Å². The summed E-state index contributed by atoms with van der Waals surface area (Å²) in [4.78, 5) is 49.1.